The molecule has 1 atom stereocenters. The Labute approximate surface area is 179 Å². The molecule has 1 amide bonds. The monoisotopic (exact) mass is 402 g/mol. The number of furan rings is 1. The minimum atomic E-state index is -0.0147. The van der Waals surface area contributed by atoms with E-state index < -0.39 is 0 Å². The molecule has 2 heterocycles. The van der Waals surface area contributed by atoms with Crippen LogP contribution in [0, 0.1) is 0 Å². The van der Waals surface area contributed by atoms with Crippen LogP contribution < -0.4 is 0 Å². The van der Waals surface area contributed by atoms with Crippen molar-refractivity contribution in [3.63, 3.8) is 0 Å². The zero-order valence-electron chi connectivity index (χ0n) is 17.6. The van der Waals surface area contributed by atoms with Crippen molar-refractivity contribution >= 4 is 5.91 Å². The highest BCUT2D eigenvalue weighted by Crippen LogP contribution is 2.29. The maximum absolute atomic E-state index is 13.3. The third-order valence-electron chi connectivity index (χ3n) is 6.18. The molecule has 0 N–H and O–H groups in total. The third-order valence-corrected chi connectivity index (χ3v) is 6.18. The van der Waals surface area contributed by atoms with Gasteiger partial charge in [-0.15, -0.1) is 0 Å². The van der Waals surface area contributed by atoms with Crippen LogP contribution in [0.1, 0.15) is 47.5 Å². The van der Waals surface area contributed by atoms with Crippen molar-refractivity contribution in [1.29, 1.82) is 0 Å². The zero-order valence-corrected chi connectivity index (χ0v) is 17.6. The Morgan fingerprint density at radius 2 is 1.67 bits per heavy atom. The molecule has 0 aliphatic carbocycles. The SMILES string of the molecule is CC(c1ccccc1)N(C(=O)c1ccco1)C1CCN(CCc2ccccc2)CC1. The number of piperidine rings is 1. The molecule has 1 unspecified atom stereocenters. The molecule has 1 fully saturated rings. The summed E-state index contributed by atoms with van der Waals surface area (Å²) in [6.07, 6.45) is 4.61. The maximum Gasteiger partial charge on any atom is 0.290 e. The Balaban J connectivity index is 1.43. The van der Waals surface area contributed by atoms with E-state index in [2.05, 4.69) is 54.3 Å². The van der Waals surface area contributed by atoms with Gasteiger partial charge in [0.1, 0.15) is 0 Å². The predicted octanol–water partition coefficient (Wildman–Crippen LogP) is 5.19. The molecule has 4 heteroatoms. The van der Waals surface area contributed by atoms with Gasteiger partial charge in [-0.05, 0) is 49.4 Å². The number of carbonyl (C=O) groups is 1. The lowest BCUT2D eigenvalue weighted by molar-refractivity contribution is 0.0430. The molecule has 2 aromatic carbocycles. The summed E-state index contributed by atoms with van der Waals surface area (Å²) in [5.74, 6) is 0.406. The molecule has 3 aromatic rings. The molecule has 4 rings (SSSR count). The summed E-state index contributed by atoms with van der Waals surface area (Å²) in [6.45, 7) is 5.22. The summed E-state index contributed by atoms with van der Waals surface area (Å²) < 4.78 is 5.46. The summed E-state index contributed by atoms with van der Waals surface area (Å²) >= 11 is 0. The molecule has 156 valence electrons. The Kier molecular flexibility index (Phi) is 6.65. The first kappa shape index (κ1) is 20.4. The second-order valence-electron chi connectivity index (χ2n) is 8.08. The van der Waals surface area contributed by atoms with E-state index in [4.69, 9.17) is 4.42 Å². The molecule has 0 spiro atoms. The fraction of sp³-hybridized carbons (Fsp3) is 0.346. The second-order valence-corrected chi connectivity index (χ2v) is 8.08. The quantitative estimate of drug-likeness (QED) is 0.546. The van der Waals surface area contributed by atoms with Crippen LogP contribution >= 0.6 is 0 Å². The van der Waals surface area contributed by atoms with Crippen LogP contribution in [0.15, 0.2) is 83.5 Å². The number of nitrogens with zero attached hydrogens (tertiary/aromatic N) is 2. The van der Waals surface area contributed by atoms with E-state index in [9.17, 15) is 4.79 Å². The number of likely N-dealkylation sites (tertiary alicyclic amines) is 1. The summed E-state index contributed by atoms with van der Waals surface area (Å²) in [6, 6.07) is 24.7. The molecular formula is C26H30N2O2. The largest absolute Gasteiger partial charge is 0.459 e. The van der Waals surface area contributed by atoms with Crippen molar-refractivity contribution in [2.75, 3.05) is 19.6 Å². The first-order chi connectivity index (χ1) is 14.7. The lowest BCUT2D eigenvalue weighted by Crippen LogP contribution is -2.48. The Morgan fingerprint density at radius 3 is 2.30 bits per heavy atom. The Morgan fingerprint density at radius 1 is 1.00 bits per heavy atom. The molecule has 1 aliphatic heterocycles. The average molecular weight is 403 g/mol. The van der Waals surface area contributed by atoms with Gasteiger partial charge in [0.25, 0.3) is 5.91 Å². The van der Waals surface area contributed by atoms with Gasteiger partial charge in [0, 0.05) is 25.7 Å². The van der Waals surface area contributed by atoms with Gasteiger partial charge in [0.05, 0.1) is 12.3 Å². The van der Waals surface area contributed by atoms with Crippen molar-refractivity contribution in [3.8, 4) is 0 Å². The van der Waals surface area contributed by atoms with Crippen molar-refractivity contribution in [2.45, 2.75) is 38.3 Å². The van der Waals surface area contributed by atoms with E-state index in [0.29, 0.717) is 5.76 Å². The van der Waals surface area contributed by atoms with E-state index in [1.807, 2.05) is 23.1 Å². The lowest BCUT2D eigenvalue weighted by Gasteiger charge is -2.41. The van der Waals surface area contributed by atoms with Crippen LogP contribution in [0.2, 0.25) is 0 Å². The Hall–Kier alpha value is -2.85. The molecular weight excluding hydrogens is 372 g/mol. The van der Waals surface area contributed by atoms with Gasteiger partial charge in [0.2, 0.25) is 0 Å². The van der Waals surface area contributed by atoms with Crippen LogP contribution in [0.3, 0.4) is 0 Å². The highest BCUT2D eigenvalue weighted by atomic mass is 16.3. The number of rotatable bonds is 7. The van der Waals surface area contributed by atoms with Gasteiger partial charge < -0.3 is 14.2 Å². The summed E-state index contributed by atoms with van der Waals surface area (Å²) in [4.78, 5) is 17.9. The summed E-state index contributed by atoms with van der Waals surface area (Å²) in [7, 11) is 0. The van der Waals surface area contributed by atoms with Gasteiger partial charge >= 0.3 is 0 Å². The minimum Gasteiger partial charge on any atom is -0.459 e. The van der Waals surface area contributed by atoms with Crippen LogP contribution in [0.25, 0.3) is 0 Å². The number of hydrogen-bond donors (Lipinski definition) is 0. The second kappa shape index (κ2) is 9.77. The van der Waals surface area contributed by atoms with Crippen LogP contribution in [-0.4, -0.2) is 41.4 Å². The van der Waals surface area contributed by atoms with Crippen LogP contribution in [0.4, 0.5) is 0 Å². The molecule has 1 aliphatic rings. The zero-order chi connectivity index (χ0) is 20.8. The summed E-state index contributed by atoms with van der Waals surface area (Å²) in [5.41, 5.74) is 2.54. The number of hydrogen-bond acceptors (Lipinski definition) is 3. The van der Waals surface area contributed by atoms with E-state index in [0.717, 1.165) is 44.5 Å². The Bertz CT molecular complexity index is 901. The van der Waals surface area contributed by atoms with E-state index in [1.165, 1.54) is 5.56 Å². The van der Waals surface area contributed by atoms with Crippen LogP contribution in [0.5, 0.6) is 0 Å². The normalized spacial score (nSPS) is 16.3. The highest BCUT2D eigenvalue weighted by Gasteiger charge is 2.33. The fourth-order valence-corrected chi connectivity index (χ4v) is 4.43. The van der Waals surface area contributed by atoms with Gasteiger partial charge in [-0.3, -0.25) is 4.79 Å². The topological polar surface area (TPSA) is 36.7 Å². The number of carbonyl (C=O) groups excluding carboxylic acids is 1. The van der Waals surface area contributed by atoms with Crippen molar-refractivity contribution < 1.29 is 9.21 Å². The number of amides is 1. The standard InChI is InChI=1S/C26H30N2O2/c1-21(23-11-6-3-7-12-23)28(26(29)25-13-8-20-30-25)24-15-18-27(19-16-24)17-14-22-9-4-2-5-10-22/h2-13,20-21,24H,14-19H2,1H3. The number of benzene rings is 2. The van der Waals surface area contributed by atoms with Gasteiger partial charge in [-0.2, -0.15) is 0 Å². The van der Waals surface area contributed by atoms with E-state index in [1.54, 1.807) is 18.4 Å². The van der Waals surface area contributed by atoms with Gasteiger partial charge in [-0.25, -0.2) is 0 Å². The average Bonchev–Trinajstić information content (AvgIpc) is 3.35. The van der Waals surface area contributed by atoms with Crippen molar-refractivity contribution in [3.05, 3.63) is 95.9 Å². The van der Waals surface area contributed by atoms with Gasteiger partial charge in [-0.1, -0.05) is 60.7 Å². The van der Waals surface area contributed by atoms with Crippen molar-refractivity contribution in [2.24, 2.45) is 0 Å². The van der Waals surface area contributed by atoms with Crippen LogP contribution in [-0.2, 0) is 6.42 Å². The lowest BCUT2D eigenvalue weighted by atomic mass is 9.97. The maximum atomic E-state index is 13.3. The van der Waals surface area contributed by atoms with Gasteiger partial charge in [0.15, 0.2) is 5.76 Å². The minimum absolute atomic E-state index is 0.00432. The fourth-order valence-electron chi connectivity index (χ4n) is 4.43. The predicted molar refractivity (Wildman–Crippen MR) is 119 cm³/mol. The first-order valence-corrected chi connectivity index (χ1v) is 10.9. The molecule has 30 heavy (non-hydrogen) atoms. The van der Waals surface area contributed by atoms with Crippen molar-refractivity contribution in [1.82, 2.24) is 9.80 Å². The highest BCUT2D eigenvalue weighted by molar-refractivity contribution is 5.92. The molecule has 0 radical (unpaired) electrons. The molecule has 1 saturated heterocycles. The van der Waals surface area contributed by atoms with E-state index in [-0.39, 0.29) is 18.0 Å². The summed E-state index contributed by atoms with van der Waals surface area (Å²) in [5, 5.41) is 0. The molecule has 1 aromatic heterocycles. The van der Waals surface area contributed by atoms with E-state index >= 15 is 0 Å². The molecule has 0 saturated carbocycles. The molecule has 4 nitrogen and oxygen atoms in total. The molecule has 0 bridgehead atoms. The smallest absolute Gasteiger partial charge is 0.290 e. The third kappa shape index (κ3) is 4.82. The first-order valence-electron chi connectivity index (χ1n) is 10.9.